The molecule has 0 unspecified atom stereocenters. The van der Waals surface area contributed by atoms with E-state index in [-0.39, 0.29) is 11.7 Å². The molecule has 0 radical (unpaired) electrons. The van der Waals surface area contributed by atoms with Gasteiger partial charge in [0.15, 0.2) is 0 Å². The topological polar surface area (TPSA) is 45.2 Å². The Morgan fingerprint density at radius 1 is 1.35 bits per heavy atom. The lowest BCUT2D eigenvalue weighted by atomic mass is 10.2. The van der Waals surface area contributed by atoms with Gasteiger partial charge in [0.25, 0.3) is 5.91 Å². The Morgan fingerprint density at radius 2 is 2.15 bits per heavy atom. The number of benzene rings is 1. The second-order valence-electron chi connectivity index (χ2n) is 4.21. The molecular formula is C15H16FN3O. The van der Waals surface area contributed by atoms with E-state index in [1.807, 2.05) is 6.92 Å². The summed E-state index contributed by atoms with van der Waals surface area (Å²) in [5.41, 5.74) is 1.65. The summed E-state index contributed by atoms with van der Waals surface area (Å²) in [5.74, 6) is -0.624. The third-order valence-electron chi connectivity index (χ3n) is 2.95. The molecule has 4 nitrogen and oxygen atoms in total. The number of pyridine rings is 1. The van der Waals surface area contributed by atoms with E-state index in [4.69, 9.17) is 0 Å². The summed E-state index contributed by atoms with van der Waals surface area (Å²) in [6.07, 6.45) is 1.57. The molecule has 2 rings (SSSR count). The number of nitrogens with zero attached hydrogens (tertiary/aromatic N) is 2. The monoisotopic (exact) mass is 273 g/mol. The molecule has 0 aliphatic heterocycles. The van der Waals surface area contributed by atoms with E-state index < -0.39 is 0 Å². The highest BCUT2D eigenvalue weighted by Crippen LogP contribution is 2.18. The van der Waals surface area contributed by atoms with Gasteiger partial charge in [0, 0.05) is 31.2 Å². The predicted octanol–water partition coefficient (Wildman–Crippen LogP) is 2.93. The fourth-order valence-corrected chi connectivity index (χ4v) is 1.93. The Labute approximate surface area is 117 Å². The van der Waals surface area contributed by atoms with Crippen molar-refractivity contribution >= 4 is 17.3 Å². The third kappa shape index (κ3) is 2.93. The summed E-state index contributed by atoms with van der Waals surface area (Å²) in [7, 11) is 1.77. The van der Waals surface area contributed by atoms with Crippen molar-refractivity contribution in [3.8, 4) is 0 Å². The number of carbonyl (C=O) groups excluding carboxylic acids is 1. The van der Waals surface area contributed by atoms with Crippen molar-refractivity contribution in [2.75, 3.05) is 23.8 Å². The van der Waals surface area contributed by atoms with E-state index >= 15 is 0 Å². The van der Waals surface area contributed by atoms with Gasteiger partial charge in [-0.1, -0.05) is 6.07 Å². The maximum atomic E-state index is 13.3. The molecule has 0 bridgehead atoms. The molecule has 20 heavy (non-hydrogen) atoms. The maximum Gasteiger partial charge on any atom is 0.276 e. The second kappa shape index (κ2) is 6.14. The number of rotatable bonds is 4. The number of amides is 1. The largest absolute Gasteiger partial charge is 0.388 e. The fraction of sp³-hybridized carbons (Fsp3) is 0.200. The molecule has 1 aromatic heterocycles. The van der Waals surface area contributed by atoms with Gasteiger partial charge < -0.3 is 10.2 Å². The molecule has 0 saturated heterocycles. The normalized spacial score (nSPS) is 10.2. The molecule has 1 heterocycles. The minimum atomic E-state index is -0.370. The van der Waals surface area contributed by atoms with Crippen LogP contribution in [0.5, 0.6) is 0 Å². The van der Waals surface area contributed by atoms with Crippen LogP contribution in [0, 0.1) is 5.82 Å². The minimum absolute atomic E-state index is 0.254. The summed E-state index contributed by atoms with van der Waals surface area (Å²) in [5, 5.41) is 2.96. The van der Waals surface area contributed by atoms with Crippen molar-refractivity contribution in [2.45, 2.75) is 6.92 Å². The molecule has 0 atom stereocenters. The molecule has 2 aromatic rings. The van der Waals surface area contributed by atoms with E-state index in [0.29, 0.717) is 17.9 Å². The van der Waals surface area contributed by atoms with Crippen LogP contribution in [0.2, 0.25) is 0 Å². The Hall–Kier alpha value is -2.43. The summed E-state index contributed by atoms with van der Waals surface area (Å²) in [6, 6.07) is 9.41. The van der Waals surface area contributed by atoms with Crippen molar-refractivity contribution in [3.63, 3.8) is 0 Å². The van der Waals surface area contributed by atoms with Crippen molar-refractivity contribution in [3.05, 3.63) is 54.1 Å². The standard InChI is InChI=1S/C15H16FN3O/c1-3-19(13-6-4-5-11(16)9-13)15(20)14-10-12(17-2)7-8-18-14/h4-10H,3H2,1-2H3,(H,17,18). The van der Waals surface area contributed by atoms with E-state index in [1.54, 1.807) is 37.5 Å². The van der Waals surface area contributed by atoms with Crippen LogP contribution in [0.25, 0.3) is 0 Å². The highest BCUT2D eigenvalue weighted by atomic mass is 19.1. The zero-order valence-electron chi connectivity index (χ0n) is 11.4. The number of halogens is 1. The SMILES string of the molecule is CCN(C(=O)c1cc(NC)ccn1)c1cccc(F)c1. The average Bonchev–Trinajstić information content (AvgIpc) is 2.48. The van der Waals surface area contributed by atoms with Gasteiger partial charge in [-0.2, -0.15) is 0 Å². The quantitative estimate of drug-likeness (QED) is 0.931. The van der Waals surface area contributed by atoms with Crippen molar-refractivity contribution in [1.82, 2.24) is 4.98 Å². The summed E-state index contributed by atoms with van der Waals surface area (Å²) in [6.45, 7) is 2.28. The number of hydrogen-bond donors (Lipinski definition) is 1. The van der Waals surface area contributed by atoms with Crippen LogP contribution in [0.1, 0.15) is 17.4 Å². The first-order valence-electron chi connectivity index (χ1n) is 6.37. The van der Waals surface area contributed by atoms with Gasteiger partial charge in [-0.3, -0.25) is 9.78 Å². The summed E-state index contributed by atoms with van der Waals surface area (Å²) < 4.78 is 13.3. The first-order chi connectivity index (χ1) is 9.65. The van der Waals surface area contributed by atoms with Gasteiger partial charge in [-0.25, -0.2) is 4.39 Å². The van der Waals surface area contributed by atoms with E-state index in [0.717, 1.165) is 5.69 Å². The lowest BCUT2D eigenvalue weighted by molar-refractivity contribution is 0.0983. The van der Waals surface area contributed by atoms with Crippen molar-refractivity contribution in [1.29, 1.82) is 0 Å². The number of nitrogens with one attached hydrogen (secondary N) is 1. The average molecular weight is 273 g/mol. The van der Waals surface area contributed by atoms with Gasteiger partial charge in [-0.15, -0.1) is 0 Å². The smallest absolute Gasteiger partial charge is 0.276 e. The Morgan fingerprint density at radius 3 is 2.80 bits per heavy atom. The fourth-order valence-electron chi connectivity index (χ4n) is 1.93. The maximum absolute atomic E-state index is 13.3. The van der Waals surface area contributed by atoms with Crippen LogP contribution in [0.3, 0.4) is 0 Å². The number of carbonyl (C=O) groups is 1. The zero-order valence-corrected chi connectivity index (χ0v) is 11.4. The second-order valence-corrected chi connectivity index (χ2v) is 4.21. The molecule has 1 aromatic carbocycles. The van der Waals surface area contributed by atoms with Gasteiger partial charge >= 0.3 is 0 Å². The summed E-state index contributed by atoms with van der Waals surface area (Å²) >= 11 is 0. The lowest BCUT2D eigenvalue weighted by Gasteiger charge is -2.20. The Balaban J connectivity index is 2.33. The van der Waals surface area contributed by atoms with Gasteiger partial charge in [0.05, 0.1) is 0 Å². The summed E-state index contributed by atoms with van der Waals surface area (Å²) in [4.78, 5) is 18.0. The van der Waals surface area contributed by atoms with Crippen LogP contribution < -0.4 is 10.2 Å². The Bertz CT molecular complexity index is 616. The highest BCUT2D eigenvalue weighted by molar-refractivity contribution is 6.05. The van der Waals surface area contributed by atoms with E-state index in [1.165, 1.54) is 17.0 Å². The first-order valence-corrected chi connectivity index (χ1v) is 6.37. The molecule has 0 aliphatic rings. The number of hydrogen-bond acceptors (Lipinski definition) is 3. The van der Waals surface area contributed by atoms with Crippen LogP contribution >= 0.6 is 0 Å². The molecule has 0 aliphatic carbocycles. The number of aromatic nitrogens is 1. The van der Waals surface area contributed by atoms with Crippen LogP contribution in [-0.4, -0.2) is 24.5 Å². The zero-order chi connectivity index (χ0) is 14.5. The molecule has 0 saturated carbocycles. The van der Waals surface area contributed by atoms with Gasteiger partial charge in [0.2, 0.25) is 0 Å². The van der Waals surface area contributed by atoms with Crippen LogP contribution in [0.4, 0.5) is 15.8 Å². The molecular weight excluding hydrogens is 257 g/mol. The lowest BCUT2D eigenvalue weighted by Crippen LogP contribution is -2.31. The molecule has 1 N–H and O–H groups in total. The molecule has 104 valence electrons. The van der Waals surface area contributed by atoms with Gasteiger partial charge in [0.1, 0.15) is 11.5 Å². The molecule has 0 fully saturated rings. The highest BCUT2D eigenvalue weighted by Gasteiger charge is 2.17. The van der Waals surface area contributed by atoms with Crippen molar-refractivity contribution in [2.24, 2.45) is 0 Å². The first kappa shape index (κ1) is 14.0. The number of anilines is 2. The predicted molar refractivity (Wildman–Crippen MR) is 77.5 cm³/mol. The molecule has 0 spiro atoms. The third-order valence-corrected chi connectivity index (χ3v) is 2.95. The van der Waals surface area contributed by atoms with Crippen LogP contribution in [0.15, 0.2) is 42.6 Å². The molecule has 1 amide bonds. The minimum Gasteiger partial charge on any atom is -0.388 e. The van der Waals surface area contributed by atoms with Gasteiger partial charge in [-0.05, 0) is 37.3 Å². The van der Waals surface area contributed by atoms with E-state index in [9.17, 15) is 9.18 Å². The Kier molecular flexibility index (Phi) is 4.30. The van der Waals surface area contributed by atoms with Crippen molar-refractivity contribution < 1.29 is 9.18 Å². The van der Waals surface area contributed by atoms with Crippen LogP contribution in [-0.2, 0) is 0 Å². The molecule has 5 heteroatoms. The van der Waals surface area contributed by atoms with E-state index in [2.05, 4.69) is 10.3 Å².